The standard InChI is InChI=1S/C12H15N3O2/c13-11-9(7-16)6-10(8-17)12(14-11)15-4-2-1-3-5-15/h6-8H,1-5H2,(H2,13,14)/p+1. The second-order valence-electron chi connectivity index (χ2n) is 4.23. The van der Waals surface area contributed by atoms with E-state index in [2.05, 4.69) is 9.88 Å². The monoisotopic (exact) mass is 234 g/mol. The number of carbonyl (C=O) groups is 2. The number of hydrogen-bond donors (Lipinski definition) is 1. The molecule has 90 valence electrons. The Morgan fingerprint density at radius 1 is 1.12 bits per heavy atom. The van der Waals surface area contributed by atoms with E-state index in [0.717, 1.165) is 38.0 Å². The normalized spacial score (nSPS) is 15.6. The minimum absolute atomic E-state index is 0.311. The lowest BCUT2D eigenvalue weighted by Crippen LogP contribution is -2.36. The molecule has 0 saturated carbocycles. The van der Waals surface area contributed by atoms with E-state index < -0.39 is 0 Å². The average molecular weight is 234 g/mol. The summed E-state index contributed by atoms with van der Waals surface area (Å²) in [5, 5.41) is 0. The van der Waals surface area contributed by atoms with Gasteiger partial charge in [0.25, 0.3) is 0 Å². The number of H-pyrrole nitrogens is 1. The number of aromatic amines is 1. The van der Waals surface area contributed by atoms with E-state index in [1.165, 1.54) is 12.5 Å². The highest BCUT2D eigenvalue weighted by Gasteiger charge is 2.22. The third kappa shape index (κ3) is 2.27. The molecule has 0 amide bonds. The third-order valence-corrected chi connectivity index (χ3v) is 3.07. The van der Waals surface area contributed by atoms with E-state index in [1.807, 2.05) is 0 Å². The Kier molecular flexibility index (Phi) is 3.37. The van der Waals surface area contributed by atoms with Crippen LogP contribution in [0.2, 0.25) is 0 Å². The molecule has 1 aliphatic rings. The molecule has 3 N–H and O–H groups in total. The molecule has 0 spiro atoms. The van der Waals surface area contributed by atoms with Crippen LogP contribution in [-0.2, 0) is 0 Å². The maximum atomic E-state index is 11.0. The molecule has 0 bridgehead atoms. The fraction of sp³-hybridized carbons (Fsp3) is 0.417. The van der Waals surface area contributed by atoms with Gasteiger partial charge in [0, 0.05) is 0 Å². The number of aromatic nitrogens is 1. The van der Waals surface area contributed by atoms with E-state index in [-0.39, 0.29) is 0 Å². The molecule has 2 heterocycles. The Balaban J connectivity index is 2.40. The smallest absolute Gasteiger partial charge is 0.232 e. The molecule has 5 heteroatoms. The number of nitrogens with one attached hydrogen (secondary N) is 1. The van der Waals surface area contributed by atoms with Gasteiger partial charge in [0.2, 0.25) is 11.6 Å². The van der Waals surface area contributed by atoms with Crippen LogP contribution in [0.3, 0.4) is 0 Å². The predicted octanol–water partition coefficient (Wildman–Crippen LogP) is 0.698. The summed E-state index contributed by atoms with van der Waals surface area (Å²) in [6.45, 7) is 1.83. The van der Waals surface area contributed by atoms with E-state index in [4.69, 9.17) is 5.73 Å². The molecule has 0 aromatic carbocycles. The summed E-state index contributed by atoms with van der Waals surface area (Å²) in [4.78, 5) is 26.9. The van der Waals surface area contributed by atoms with Crippen molar-refractivity contribution in [3.8, 4) is 0 Å². The zero-order chi connectivity index (χ0) is 12.3. The average Bonchev–Trinajstić information content (AvgIpc) is 2.39. The van der Waals surface area contributed by atoms with Crippen molar-refractivity contribution in [3.63, 3.8) is 0 Å². The van der Waals surface area contributed by atoms with Gasteiger partial charge in [-0.3, -0.25) is 14.5 Å². The lowest BCUT2D eigenvalue weighted by atomic mass is 10.1. The summed E-state index contributed by atoms with van der Waals surface area (Å²) < 4.78 is 0. The molecule has 0 unspecified atom stereocenters. The van der Waals surface area contributed by atoms with Crippen LogP contribution >= 0.6 is 0 Å². The molecule has 5 nitrogen and oxygen atoms in total. The number of pyridine rings is 1. The van der Waals surface area contributed by atoms with E-state index >= 15 is 0 Å². The highest BCUT2D eigenvalue weighted by atomic mass is 16.1. The number of anilines is 2. The van der Waals surface area contributed by atoms with E-state index in [9.17, 15) is 9.59 Å². The molecule has 0 radical (unpaired) electrons. The first-order chi connectivity index (χ1) is 8.26. The largest absolute Gasteiger partial charge is 0.318 e. The van der Waals surface area contributed by atoms with Crippen molar-refractivity contribution in [2.75, 3.05) is 23.7 Å². The number of aldehydes is 2. The number of hydrogen-bond acceptors (Lipinski definition) is 4. The summed E-state index contributed by atoms with van der Waals surface area (Å²) in [5.41, 5.74) is 6.55. The quantitative estimate of drug-likeness (QED) is 0.781. The molecule has 2 rings (SSSR count). The van der Waals surface area contributed by atoms with Gasteiger partial charge in [-0.05, 0) is 25.3 Å². The van der Waals surface area contributed by atoms with E-state index in [0.29, 0.717) is 23.2 Å². The lowest BCUT2D eigenvalue weighted by molar-refractivity contribution is -0.346. The summed E-state index contributed by atoms with van der Waals surface area (Å²) >= 11 is 0. The molecule has 0 atom stereocenters. The van der Waals surface area contributed by atoms with Crippen molar-refractivity contribution in [3.05, 3.63) is 17.2 Å². The van der Waals surface area contributed by atoms with Crippen molar-refractivity contribution in [2.45, 2.75) is 19.3 Å². The molecule has 1 aromatic rings. The van der Waals surface area contributed by atoms with Gasteiger partial charge in [-0.15, -0.1) is 0 Å². The van der Waals surface area contributed by atoms with Crippen molar-refractivity contribution in [1.29, 1.82) is 0 Å². The first-order valence-corrected chi connectivity index (χ1v) is 5.77. The highest BCUT2D eigenvalue weighted by molar-refractivity contribution is 5.88. The van der Waals surface area contributed by atoms with Crippen LogP contribution in [0.1, 0.15) is 40.0 Å². The fourth-order valence-corrected chi connectivity index (χ4v) is 2.15. The molecule has 1 saturated heterocycles. The van der Waals surface area contributed by atoms with Crippen LogP contribution < -0.4 is 15.6 Å². The van der Waals surface area contributed by atoms with Gasteiger partial charge in [0.1, 0.15) is 0 Å². The van der Waals surface area contributed by atoms with Crippen LogP contribution in [0.15, 0.2) is 6.07 Å². The number of carbonyl (C=O) groups excluding carboxylic acids is 2. The van der Waals surface area contributed by atoms with E-state index in [1.54, 1.807) is 0 Å². The number of rotatable bonds is 3. The zero-order valence-electron chi connectivity index (χ0n) is 9.61. The predicted molar refractivity (Wildman–Crippen MR) is 64.2 cm³/mol. The van der Waals surface area contributed by atoms with Gasteiger partial charge in [0.05, 0.1) is 24.2 Å². The van der Waals surface area contributed by atoms with Crippen molar-refractivity contribution in [2.24, 2.45) is 0 Å². The number of nitrogens with two attached hydrogens (primary N) is 1. The molecule has 1 fully saturated rings. The van der Waals surface area contributed by atoms with Gasteiger partial charge >= 0.3 is 0 Å². The summed E-state index contributed by atoms with van der Waals surface area (Å²) in [6, 6.07) is 1.54. The van der Waals surface area contributed by atoms with Gasteiger partial charge in [0.15, 0.2) is 12.6 Å². The summed E-state index contributed by atoms with van der Waals surface area (Å²) in [7, 11) is 0. The van der Waals surface area contributed by atoms with Crippen molar-refractivity contribution >= 4 is 24.2 Å². The van der Waals surface area contributed by atoms with Gasteiger partial charge in [-0.1, -0.05) is 0 Å². The molecule has 1 aromatic heterocycles. The Bertz CT molecular complexity index is 440. The molecular formula is C12H16N3O2+. The number of nitrogen functional groups attached to an aromatic ring is 1. The van der Waals surface area contributed by atoms with Crippen LogP contribution in [0, 0.1) is 0 Å². The highest BCUT2D eigenvalue weighted by Crippen LogP contribution is 2.20. The maximum Gasteiger partial charge on any atom is 0.232 e. The Labute approximate surface area is 99.6 Å². The van der Waals surface area contributed by atoms with Gasteiger partial charge in [-0.2, -0.15) is 0 Å². The molecule has 1 aliphatic heterocycles. The minimum Gasteiger partial charge on any atom is -0.318 e. The minimum atomic E-state index is 0.311. The molecule has 17 heavy (non-hydrogen) atoms. The summed E-state index contributed by atoms with van der Waals surface area (Å²) in [6.07, 6.45) is 4.85. The van der Waals surface area contributed by atoms with Crippen LogP contribution in [0.4, 0.5) is 11.6 Å². The van der Waals surface area contributed by atoms with Crippen LogP contribution in [0.5, 0.6) is 0 Å². The van der Waals surface area contributed by atoms with Gasteiger partial charge < -0.3 is 5.73 Å². The zero-order valence-corrected chi connectivity index (χ0v) is 9.61. The second kappa shape index (κ2) is 4.95. The number of piperidine rings is 1. The van der Waals surface area contributed by atoms with Crippen molar-refractivity contribution < 1.29 is 14.6 Å². The maximum absolute atomic E-state index is 11.0. The first-order valence-electron chi connectivity index (χ1n) is 5.77. The third-order valence-electron chi connectivity index (χ3n) is 3.07. The second-order valence-corrected chi connectivity index (χ2v) is 4.23. The topological polar surface area (TPSA) is 77.5 Å². The van der Waals surface area contributed by atoms with Crippen LogP contribution in [-0.4, -0.2) is 25.7 Å². The summed E-state index contributed by atoms with van der Waals surface area (Å²) in [5.74, 6) is 1.04. The Hall–Kier alpha value is -1.91. The Morgan fingerprint density at radius 3 is 2.35 bits per heavy atom. The Morgan fingerprint density at radius 2 is 1.76 bits per heavy atom. The van der Waals surface area contributed by atoms with Crippen LogP contribution in [0.25, 0.3) is 0 Å². The lowest BCUT2D eigenvalue weighted by Gasteiger charge is -2.24. The first kappa shape index (κ1) is 11.6. The van der Waals surface area contributed by atoms with Gasteiger partial charge in [-0.25, -0.2) is 4.98 Å². The number of nitrogens with zero attached hydrogens (tertiary/aromatic N) is 1. The fourth-order valence-electron chi connectivity index (χ4n) is 2.15. The molecule has 0 aliphatic carbocycles. The molecular weight excluding hydrogens is 218 g/mol. The SMILES string of the molecule is Nc1[nH+]c(N2CCCCC2)c(C=O)cc1C=O. The van der Waals surface area contributed by atoms with Crippen molar-refractivity contribution in [1.82, 2.24) is 0 Å².